The summed E-state index contributed by atoms with van der Waals surface area (Å²) >= 11 is 0.866. The lowest BCUT2D eigenvalue weighted by atomic mass is 10.1. The van der Waals surface area contributed by atoms with Gasteiger partial charge in [-0.05, 0) is 36.1 Å². The van der Waals surface area contributed by atoms with Crippen LogP contribution in [0.4, 0.5) is 0 Å². The van der Waals surface area contributed by atoms with E-state index in [0.717, 1.165) is 22.5 Å². The molecule has 3 rings (SSSR count). The number of nitrogens with one attached hydrogen (secondary N) is 2. The average molecular weight is 415 g/mol. The molecular weight excluding hydrogens is 398 g/mol. The molecule has 0 fully saturated rings. The van der Waals surface area contributed by atoms with Crippen molar-refractivity contribution in [3.63, 3.8) is 0 Å². The van der Waals surface area contributed by atoms with Gasteiger partial charge < -0.3 is 5.32 Å². The molecule has 0 aliphatic rings. The van der Waals surface area contributed by atoms with Crippen LogP contribution in [0.25, 0.3) is 0 Å². The molecule has 0 unspecified atom stereocenters. The fourth-order valence-corrected chi connectivity index (χ4v) is 4.70. The van der Waals surface area contributed by atoms with Crippen LogP contribution in [0, 0.1) is 6.92 Å². The zero-order chi connectivity index (χ0) is 20.1. The van der Waals surface area contributed by atoms with Gasteiger partial charge in [-0.25, -0.2) is 13.1 Å². The number of carbonyl (C=O) groups is 2. The molecule has 0 bridgehead atoms. The van der Waals surface area contributed by atoms with Crippen LogP contribution in [0.2, 0.25) is 0 Å². The summed E-state index contributed by atoms with van der Waals surface area (Å²) in [6, 6.07) is 12.0. The molecular formula is C19H17N3O4S2. The number of amides is 2. The molecule has 144 valence electrons. The third-order valence-corrected chi connectivity index (χ3v) is 6.66. The van der Waals surface area contributed by atoms with Crippen molar-refractivity contribution in [2.45, 2.75) is 17.7 Å². The molecule has 0 saturated heterocycles. The average Bonchev–Trinajstić information content (AvgIpc) is 3.19. The Hall–Kier alpha value is -3.04. The van der Waals surface area contributed by atoms with E-state index in [4.69, 9.17) is 0 Å². The molecule has 7 nitrogen and oxygen atoms in total. The number of carbonyl (C=O) groups excluding carboxylic acids is 2. The number of benzene rings is 1. The number of sulfonamides is 1. The second-order valence-electron chi connectivity index (χ2n) is 5.97. The highest BCUT2D eigenvalue weighted by Crippen LogP contribution is 2.23. The van der Waals surface area contributed by atoms with Gasteiger partial charge in [0.25, 0.3) is 21.8 Å². The van der Waals surface area contributed by atoms with Crippen molar-refractivity contribution in [3.8, 4) is 0 Å². The first-order valence-corrected chi connectivity index (χ1v) is 10.6. The Morgan fingerprint density at radius 3 is 2.50 bits per heavy atom. The molecule has 9 heteroatoms. The lowest BCUT2D eigenvalue weighted by Crippen LogP contribution is -2.32. The summed E-state index contributed by atoms with van der Waals surface area (Å²) in [5.41, 5.74) is 2.09. The number of thiophene rings is 1. The number of rotatable bonds is 6. The molecule has 2 heterocycles. The Balaban J connectivity index is 1.73. The Morgan fingerprint density at radius 1 is 1.07 bits per heavy atom. The molecule has 2 amide bonds. The molecule has 3 aromatic rings. The Bertz CT molecular complexity index is 1090. The highest BCUT2D eigenvalue weighted by atomic mass is 32.2. The predicted octanol–water partition coefficient (Wildman–Crippen LogP) is 2.50. The zero-order valence-electron chi connectivity index (χ0n) is 14.9. The molecule has 0 radical (unpaired) electrons. The van der Waals surface area contributed by atoms with E-state index in [1.807, 2.05) is 35.9 Å². The van der Waals surface area contributed by atoms with Gasteiger partial charge in [0.1, 0.15) is 0 Å². The second kappa shape index (κ2) is 8.32. The van der Waals surface area contributed by atoms with Crippen LogP contribution in [0.1, 0.15) is 31.8 Å². The van der Waals surface area contributed by atoms with Crippen molar-refractivity contribution < 1.29 is 18.0 Å². The summed E-state index contributed by atoms with van der Waals surface area (Å²) < 4.78 is 26.9. The van der Waals surface area contributed by atoms with Crippen LogP contribution in [0.15, 0.2) is 64.4 Å². The third-order valence-electron chi connectivity index (χ3n) is 3.84. The van der Waals surface area contributed by atoms with Gasteiger partial charge in [-0.15, -0.1) is 11.3 Å². The molecule has 0 aliphatic heterocycles. The summed E-state index contributed by atoms with van der Waals surface area (Å²) in [6.45, 7) is 2.22. The Morgan fingerprint density at radius 2 is 1.82 bits per heavy atom. The highest BCUT2D eigenvalue weighted by molar-refractivity contribution is 7.92. The minimum absolute atomic E-state index is 0.0106. The van der Waals surface area contributed by atoms with E-state index in [9.17, 15) is 18.0 Å². The molecule has 28 heavy (non-hydrogen) atoms. The summed E-state index contributed by atoms with van der Waals surface area (Å²) in [6.07, 6.45) is 2.73. The molecule has 0 saturated carbocycles. The maximum atomic E-state index is 12.6. The van der Waals surface area contributed by atoms with Crippen molar-refractivity contribution in [3.05, 3.63) is 82.5 Å². The van der Waals surface area contributed by atoms with E-state index in [0.29, 0.717) is 0 Å². The third kappa shape index (κ3) is 4.62. The van der Waals surface area contributed by atoms with Gasteiger partial charge in [0.05, 0.1) is 11.1 Å². The minimum atomic E-state index is -4.20. The summed E-state index contributed by atoms with van der Waals surface area (Å²) in [5, 5.41) is 4.19. The van der Waals surface area contributed by atoms with Crippen molar-refractivity contribution >= 4 is 33.2 Å². The van der Waals surface area contributed by atoms with Gasteiger partial charge in [0.2, 0.25) is 0 Å². The monoisotopic (exact) mass is 415 g/mol. The van der Waals surface area contributed by atoms with Crippen LogP contribution >= 0.6 is 11.3 Å². The first-order chi connectivity index (χ1) is 13.4. The van der Waals surface area contributed by atoms with E-state index < -0.39 is 21.8 Å². The Kier molecular flexibility index (Phi) is 5.86. The molecule has 2 N–H and O–H groups in total. The van der Waals surface area contributed by atoms with Crippen molar-refractivity contribution in [2.24, 2.45) is 0 Å². The van der Waals surface area contributed by atoms with Crippen LogP contribution in [0.3, 0.4) is 0 Å². The predicted molar refractivity (Wildman–Crippen MR) is 106 cm³/mol. The lowest BCUT2D eigenvalue weighted by Gasteiger charge is -2.09. The van der Waals surface area contributed by atoms with E-state index in [1.165, 1.54) is 36.0 Å². The second-order valence-corrected chi connectivity index (χ2v) is 8.76. The van der Waals surface area contributed by atoms with Gasteiger partial charge in [-0.2, -0.15) is 0 Å². The lowest BCUT2D eigenvalue weighted by molar-refractivity contribution is 0.0944. The zero-order valence-corrected chi connectivity index (χ0v) is 16.5. The van der Waals surface area contributed by atoms with Gasteiger partial charge in [-0.3, -0.25) is 14.6 Å². The van der Waals surface area contributed by atoms with E-state index in [1.54, 1.807) is 0 Å². The summed E-state index contributed by atoms with van der Waals surface area (Å²) in [4.78, 5) is 28.4. The van der Waals surface area contributed by atoms with E-state index in [2.05, 4.69) is 10.3 Å². The number of hydrogen-bond acceptors (Lipinski definition) is 6. The smallest absolute Gasteiger partial charge is 0.274 e. The van der Waals surface area contributed by atoms with Gasteiger partial charge in [0.15, 0.2) is 4.21 Å². The van der Waals surface area contributed by atoms with Crippen LogP contribution in [-0.2, 0) is 16.6 Å². The minimum Gasteiger partial charge on any atom is -0.348 e. The van der Waals surface area contributed by atoms with Crippen molar-refractivity contribution in [1.29, 1.82) is 0 Å². The fraction of sp³-hybridized carbons (Fsp3) is 0.105. The van der Waals surface area contributed by atoms with Crippen molar-refractivity contribution in [1.82, 2.24) is 15.0 Å². The van der Waals surface area contributed by atoms with Gasteiger partial charge in [-0.1, -0.05) is 29.8 Å². The van der Waals surface area contributed by atoms with Gasteiger partial charge in [0, 0.05) is 18.9 Å². The fourth-order valence-electron chi connectivity index (χ4n) is 2.38. The molecule has 2 aromatic heterocycles. The largest absolute Gasteiger partial charge is 0.348 e. The van der Waals surface area contributed by atoms with Crippen LogP contribution < -0.4 is 10.0 Å². The number of aryl methyl sites for hydroxylation is 1. The number of pyridine rings is 1. The van der Waals surface area contributed by atoms with Gasteiger partial charge >= 0.3 is 0 Å². The number of aromatic nitrogens is 1. The first-order valence-electron chi connectivity index (χ1n) is 8.25. The summed E-state index contributed by atoms with van der Waals surface area (Å²) in [5.74, 6) is -1.34. The standard InChI is InChI=1S/C19H17N3O4S2/c1-13-4-6-14(7-5-13)11-21-18(24)16-8-10-27-19(16)28(25,26)22-17(23)15-3-2-9-20-12-15/h2-10,12H,11H2,1H3,(H,21,24)(H,22,23). The number of hydrogen-bond donors (Lipinski definition) is 2. The summed E-state index contributed by atoms with van der Waals surface area (Å²) in [7, 11) is -4.20. The van der Waals surface area contributed by atoms with E-state index >= 15 is 0 Å². The van der Waals surface area contributed by atoms with E-state index in [-0.39, 0.29) is 21.9 Å². The van der Waals surface area contributed by atoms with Crippen molar-refractivity contribution in [2.75, 3.05) is 0 Å². The first kappa shape index (κ1) is 19.7. The molecule has 1 aromatic carbocycles. The highest BCUT2D eigenvalue weighted by Gasteiger charge is 2.26. The maximum Gasteiger partial charge on any atom is 0.274 e. The normalized spacial score (nSPS) is 11.0. The van der Waals surface area contributed by atoms with Crippen LogP contribution in [0.5, 0.6) is 0 Å². The Labute approximate surface area is 166 Å². The molecule has 0 aliphatic carbocycles. The SMILES string of the molecule is Cc1ccc(CNC(=O)c2ccsc2S(=O)(=O)NC(=O)c2cccnc2)cc1. The topological polar surface area (TPSA) is 105 Å². The van der Waals surface area contributed by atoms with Crippen LogP contribution in [-0.4, -0.2) is 25.2 Å². The molecule has 0 atom stereocenters. The maximum absolute atomic E-state index is 12.6. The molecule has 0 spiro atoms. The quantitative estimate of drug-likeness (QED) is 0.644. The number of nitrogens with zero attached hydrogens (tertiary/aromatic N) is 1.